The van der Waals surface area contributed by atoms with E-state index in [0.717, 1.165) is 42.3 Å². The van der Waals surface area contributed by atoms with Crippen molar-refractivity contribution in [2.75, 3.05) is 18.0 Å². The first-order valence-corrected chi connectivity index (χ1v) is 15.9. The molecular weight excluding hydrogens is 582 g/mol. The zero-order chi connectivity index (χ0) is 31.1. The number of hydrogen-bond donors (Lipinski definition) is 2. The first-order valence-electron chi connectivity index (χ1n) is 15.5. The molecule has 13 heteroatoms. The lowest BCUT2D eigenvalue weighted by atomic mass is 9.83. The maximum atomic E-state index is 13.0. The van der Waals surface area contributed by atoms with Gasteiger partial charge in [-0.3, -0.25) is 14.5 Å². The fraction of sp³-hybridized carbons (Fsp3) is 0.548. The Hall–Kier alpha value is -3.93. The maximum Gasteiger partial charge on any atom is 0.439 e. The van der Waals surface area contributed by atoms with Crippen molar-refractivity contribution in [1.82, 2.24) is 39.9 Å². The third-order valence-electron chi connectivity index (χ3n) is 8.79. The number of rotatable bonds is 6. The lowest BCUT2D eigenvalue weighted by molar-refractivity contribution is 0.173. The fourth-order valence-corrected chi connectivity index (χ4v) is 6.88. The monoisotopic (exact) mass is 621 g/mol. The van der Waals surface area contributed by atoms with Crippen molar-refractivity contribution in [3.63, 3.8) is 0 Å². The summed E-state index contributed by atoms with van der Waals surface area (Å²) in [7, 11) is 0. The van der Waals surface area contributed by atoms with Crippen molar-refractivity contribution in [2.45, 2.75) is 85.0 Å². The van der Waals surface area contributed by atoms with E-state index in [-0.39, 0.29) is 30.0 Å². The number of piperazine rings is 1. The van der Waals surface area contributed by atoms with Crippen LogP contribution in [0.1, 0.15) is 60.3 Å². The van der Waals surface area contributed by atoms with Crippen LogP contribution in [0.15, 0.2) is 33.8 Å². The molecule has 2 aliphatic rings. The molecule has 2 N–H and O–H groups in total. The van der Waals surface area contributed by atoms with Gasteiger partial charge in [-0.2, -0.15) is 0 Å². The predicted octanol–water partition coefficient (Wildman–Crippen LogP) is 5.33. The topological polar surface area (TPSA) is 138 Å². The smallest absolute Gasteiger partial charge is 0.336 e. The molecule has 1 saturated carbocycles. The number of anilines is 1. The summed E-state index contributed by atoms with van der Waals surface area (Å²) < 4.78 is 7.12. The van der Waals surface area contributed by atoms with Gasteiger partial charge in [0.15, 0.2) is 0 Å². The van der Waals surface area contributed by atoms with E-state index in [4.69, 9.17) is 26.1 Å². The number of aromatic amines is 1. The Morgan fingerprint density at radius 2 is 1.82 bits per heavy atom. The highest BCUT2D eigenvalue weighted by Gasteiger charge is 2.36. The summed E-state index contributed by atoms with van der Waals surface area (Å²) in [6.07, 6.45) is 8.03. The van der Waals surface area contributed by atoms with E-state index in [1.54, 1.807) is 12.4 Å². The number of aromatic nitrogens is 6. The Bertz CT molecular complexity index is 1690. The number of halogens is 1. The number of nitrogens with zero attached hydrogens (tertiary/aromatic N) is 7. The van der Waals surface area contributed by atoms with Crippen molar-refractivity contribution in [2.24, 2.45) is 11.8 Å². The van der Waals surface area contributed by atoms with Gasteiger partial charge in [-0.1, -0.05) is 36.5 Å². The van der Waals surface area contributed by atoms with Gasteiger partial charge in [-0.15, -0.1) is 0 Å². The molecule has 1 unspecified atom stereocenters. The van der Waals surface area contributed by atoms with Crippen LogP contribution in [0, 0.1) is 11.8 Å². The van der Waals surface area contributed by atoms with Gasteiger partial charge in [0, 0.05) is 55.7 Å². The van der Waals surface area contributed by atoms with Crippen molar-refractivity contribution >= 4 is 34.6 Å². The molecule has 5 heterocycles. The summed E-state index contributed by atoms with van der Waals surface area (Å²) >= 11 is 6.42. The summed E-state index contributed by atoms with van der Waals surface area (Å²) in [5.41, 5.74) is 3.40. The highest BCUT2D eigenvalue weighted by atomic mass is 35.5. The van der Waals surface area contributed by atoms with Gasteiger partial charge in [0.05, 0.1) is 21.7 Å². The van der Waals surface area contributed by atoms with E-state index >= 15 is 0 Å². The summed E-state index contributed by atoms with van der Waals surface area (Å²) in [5.74, 6) is 1.62. The maximum absolute atomic E-state index is 13.0. The molecule has 44 heavy (non-hydrogen) atoms. The molecule has 234 valence electrons. The van der Waals surface area contributed by atoms with Crippen molar-refractivity contribution in [3.05, 3.63) is 40.1 Å². The van der Waals surface area contributed by atoms with E-state index in [1.807, 2.05) is 30.9 Å². The zero-order valence-electron chi connectivity index (χ0n) is 25.9. The van der Waals surface area contributed by atoms with Gasteiger partial charge in [0.1, 0.15) is 5.69 Å². The minimum Gasteiger partial charge on any atom is -0.336 e. The fourth-order valence-electron chi connectivity index (χ4n) is 6.71. The SMILES string of the molecule is CC1CCC(Cn2c(N3C(C)CN(C(=O)NC(C)C)C[C@H]3C)nc3cc(-c4noc(=O)[nH]4)nc(-c4cncc(Cl)c4)c32)CC1. The molecule has 0 bridgehead atoms. The number of amides is 2. The Morgan fingerprint density at radius 3 is 2.45 bits per heavy atom. The number of urea groups is 1. The summed E-state index contributed by atoms with van der Waals surface area (Å²) in [5, 5.41) is 7.42. The van der Waals surface area contributed by atoms with Crippen LogP contribution in [0.3, 0.4) is 0 Å². The molecule has 6 rings (SSSR count). The molecule has 0 radical (unpaired) electrons. The molecule has 12 nitrogen and oxygen atoms in total. The molecule has 2 fully saturated rings. The van der Waals surface area contributed by atoms with Crippen LogP contribution >= 0.6 is 11.6 Å². The summed E-state index contributed by atoms with van der Waals surface area (Å²) in [6.45, 7) is 12.5. The average molecular weight is 622 g/mol. The van der Waals surface area contributed by atoms with Crippen LogP contribution in [0.25, 0.3) is 33.8 Å². The largest absolute Gasteiger partial charge is 0.439 e. The molecule has 4 aromatic heterocycles. The number of nitrogens with one attached hydrogen (secondary N) is 2. The number of imidazole rings is 1. The van der Waals surface area contributed by atoms with Crippen molar-refractivity contribution < 1.29 is 9.32 Å². The molecule has 4 aromatic rings. The third-order valence-corrected chi connectivity index (χ3v) is 9.00. The van der Waals surface area contributed by atoms with Gasteiger partial charge >= 0.3 is 11.8 Å². The quantitative estimate of drug-likeness (QED) is 0.294. The molecule has 0 aromatic carbocycles. The number of pyridine rings is 2. The van der Waals surface area contributed by atoms with Crippen LogP contribution in [-0.4, -0.2) is 71.8 Å². The Labute approximate surface area is 261 Å². The lowest BCUT2D eigenvalue weighted by Gasteiger charge is -2.45. The van der Waals surface area contributed by atoms with Gasteiger partial charge in [-0.05, 0) is 64.5 Å². The van der Waals surface area contributed by atoms with Crippen molar-refractivity contribution in [3.8, 4) is 22.8 Å². The molecule has 1 aliphatic heterocycles. The molecule has 2 amide bonds. The van der Waals surface area contributed by atoms with Crippen molar-refractivity contribution in [1.29, 1.82) is 0 Å². The predicted molar refractivity (Wildman–Crippen MR) is 170 cm³/mol. The first-order chi connectivity index (χ1) is 21.1. The molecule has 1 aliphatic carbocycles. The second-order valence-corrected chi connectivity index (χ2v) is 13.3. The molecular formula is C31H40ClN9O3. The number of carbonyl (C=O) groups is 1. The minimum atomic E-state index is -0.660. The van der Waals surface area contributed by atoms with Gasteiger partial charge in [0.2, 0.25) is 11.8 Å². The zero-order valence-corrected chi connectivity index (χ0v) is 26.6. The number of hydrogen-bond acceptors (Lipinski definition) is 8. The van der Waals surface area contributed by atoms with E-state index < -0.39 is 5.76 Å². The second-order valence-electron chi connectivity index (χ2n) is 12.8. The van der Waals surface area contributed by atoms with Crippen LogP contribution in [0.4, 0.5) is 10.7 Å². The average Bonchev–Trinajstić information content (AvgIpc) is 3.56. The van der Waals surface area contributed by atoms with E-state index in [9.17, 15) is 9.59 Å². The Kier molecular flexibility index (Phi) is 8.36. The van der Waals surface area contributed by atoms with Crippen LogP contribution < -0.4 is 16.0 Å². The standard InChI is InChI=1S/C31H40ClN9O3/c1-17(2)34-30(42)39-14-19(4)41(20(5)15-39)29-36-24-11-25(28-37-31(43)44-38-28)35-26(22-10-23(32)13-33-12-22)27(24)40(29)16-21-8-6-18(3)7-9-21/h10-13,17-21H,6-9,14-16H2,1-5H3,(H,34,42)(H,37,38,43)/t18?,19-,20?,21?/m1/s1. The Balaban J connectivity index is 1.51. The second kappa shape index (κ2) is 12.2. The minimum absolute atomic E-state index is 0.00853. The Morgan fingerprint density at radius 1 is 1.09 bits per heavy atom. The van der Waals surface area contributed by atoms with Crippen LogP contribution in [0.2, 0.25) is 5.02 Å². The summed E-state index contributed by atoms with van der Waals surface area (Å²) in [6, 6.07) is 3.71. The number of carbonyl (C=O) groups excluding carboxylic acids is 1. The third kappa shape index (κ3) is 6.04. The van der Waals surface area contributed by atoms with Crippen LogP contribution in [-0.2, 0) is 6.54 Å². The number of H-pyrrole nitrogens is 1. The van der Waals surface area contributed by atoms with Gasteiger partial charge in [-0.25, -0.2) is 19.6 Å². The lowest BCUT2D eigenvalue weighted by Crippen LogP contribution is -2.61. The van der Waals surface area contributed by atoms with E-state index in [2.05, 4.69) is 50.7 Å². The van der Waals surface area contributed by atoms with Gasteiger partial charge in [0.25, 0.3) is 0 Å². The van der Waals surface area contributed by atoms with Crippen LogP contribution in [0.5, 0.6) is 0 Å². The molecule has 2 atom stereocenters. The first kappa shape index (κ1) is 30.1. The van der Waals surface area contributed by atoms with E-state index in [0.29, 0.717) is 40.9 Å². The normalized spacial score (nSPS) is 22.6. The summed E-state index contributed by atoms with van der Waals surface area (Å²) in [4.78, 5) is 46.2. The molecule has 1 saturated heterocycles. The molecule has 0 spiro atoms. The van der Waals surface area contributed by atoms with E-state index in [1.165, 1.54) is 12.8 Å². The highest BCUT2D eigenvalue weighted by Crippen LogP contribution is 2.38. The van der Waals surface area contributed by atoms with Gasteiger partial charge < -0.3 is 19.7 Å². The number of fused-ring (bicyclic) bond motifs is 1. The highest BCUT2D eigenvalue weighted by molar-refractivity contribution is 6.30.